The summed E-state index contributed by atoms with van der Waals surface area (Å²) in [6, 6.07) is 21.3. The maximum absolute atomic E-state index is 11.1. The monoisotopic (exact) mass is 295 g/mol. The fraction of sp³-hybridized carbons (Fsp3) is 0.400. The summed E-state index contributed by atoms with van der Waals surface area (Å²) in [5.74, 6) is 0.217. The van der Waals surface area contributed by atoms with E-state index in [1.165, 1.54) is 11.1 Å². The van der Waals surface area contributed by atoms with Gasteiger partial charge in [-0.25, -0.2) is 0 Å². The lowest BCUT2D eigenvalue weighted by atomic mass is 9.71. The minimum absolute atomic E-state index is 0.181. The van der Waals surface area contributed by atoms with Crippen molar-refractivity contribution in [3.05, 3.63) is 71.8 Å². The third kappa shape index (κ3) is 2.94. The summed E-state index contributed by atoms with van der Waals surface area (Å²) in [7, 11) is 0. The van der Waals surface area contributed by atoms with Crippen molar-refractivity contribution in [3.8, 4) is 0 Å². The molecule has 1 heterocycles. The molecule has 116 valence electrons. The van der Waals surface area contributed by atoms with Gasteiger partial charge in [-0.15, -0.1) is 0 Å². The summed E-state index contributed by atoms with van der Waals surface area (Å²) in [4.78, 5) is 0. The highest BCUT2D eigenvalue weighted by atomic mass is 16.3. The van der Waals surface area contributed by atoms with Gasteiger partial charge in [0.15, 0.2) is 0 Å². The van der Waals surface area contributed by atoms with E-state index in [1.54, 1.807) is 0 Å². The fourth-order valence-electron chi connectivity index (χ4n) is 3.88. The molecule has 0 aromatic heterocycles. The van der Waals surface area contributed by atoms with Crippen LogP contribution in [0.4, 0.5) is 0 Å². The van der Waals surface area contributed by atoms with Gasteiger partial charge in [0.25, 0.3) is 0 Å². The van der Waals surface area contributed by atoms with Crippen LogP contribution in [0.15, 0.2) is 60.7 Å². The first-order chi connectivity index (χ1) is 10.6. The number of piperidine rings is 1. The Balaban J connectivity index is 1.95. The zero-order valence-electron chi connectivity index (χ0n) is 13.4. The van der Waals surface area contributed by atoms with Crippen LogP contribution >= 0.6 is 0 Å². The van der Waals surface area contributed by atoms with Crippen molar-refractivity contribution in [1.29, 1.82) is 0 Å². The second kappa shape index (κ2) is 6.23. The molecule has 1 aliphatic heterocycles. The normalized spacial score (nSPS) is 31.9. The molecule has 2 nitrogen and oxygen atoms in total. The highest BCUT2D eigenvalue weighted by molar-refractivity contribution is 5.26. The third-order valence-electron chi connectivity index (χ3n) is 5.00. The predicted octanol–water partition coefficient (Wildman–Crippen LogP) is 4.24. The van der Waals surface area contributed by atoms with E-state index in [1.807, 2.05) is 19.1 Å². The molecule has 1 fully saturated rings. The molecule has 2 aromatic rings. The summed E-state index contributed by atoms with van der Waals surface area (Å²) < 4.78 is 0. The van der Waals surface area contributed by atoms with Crippen LogP contribution in [0.2, 0.25) is 0 Å². The molecule has 0 bridgehead atoms. The number of benzene rings is 2. The van der Waals surface area contributed by atoms with Crippen LogP contribution in [0.5, 0.6) is 0 Å². The molecule has 3 rings (SSSR count). The molecule has 22 heavy (non-hydrogen) atoms. The van der Waals surface area contributed by atoms with Crippen molar-refractivity contribution in [1.82, 2.24) is 5.32 Å². The topological polar surface area (TPSA) is 32.3 Å². The van der Waals surface area contributed by atoms with Gasteiger partial charge in [-0.3, -0.25) is 0 Å². The largest absolute Gasteiger partial charge is 0.390 e. The molecule has 0 radical (unpaired) electrons. The quantitative estimate of drug-likeness (QED) is 0.887. The lowest BCUT2D eigenvalue weighted by Gasteiger charge is -2.47. The SMILES string of the molecule is CCC1C(c2ccccc2)NC(c2ccccc2)CC1(C)O. The summed E-state index contributed by atoms with van der Waals surface area (Å²) in [5, 5.41) is 14.8. The van der Waals surface area contributed by atoms with Crippen LogP contribution in [0, 0.1) is 5.92 Å². The molecule has 2 heteroatoms. The lowest BCUT2D eigenvalue weighted by Crippen LogP contribution is -2.51. The summed E-state index contributed by atoms with van der Waals surface area (Å²) in [5.41, 5.74) is 1.84. The van der Waals surface area contributed by atoms with Crippen LogP contribution in [0.1, 0.15) is 49.9 Å². The van der Waals surface area contributed by atoms with Gasteiger partial charge in [0.2, 0.25) is 0 Å². The first kappa shape index (κ1) is 15.3. The van der Waals surface area contributed by atoms with Crippen LogP contribution in [-0.4, -0.2) is 10.7 Å². The molecule has 0 amide bonds. The minimum atomic E-state index is -0.666. The van der Waals surface area contributed by atoms with Crippen molar-refractivity contribution in [2.75, 3.05) is 0 Å². The van der Waals surface area contributed by atoms with Crippen LogP contribution < -0.4 is 5.32 Å². The average Bonchev–Trinajstić information content (AvgIpc) is 2.55. The van der Waals surface area contributed by atoms with Gasteiger partial charge >= 0.3 is 0 Å². The molecular formula is C20H25NO. The average molecular weight is 295 g/mol. The number of aliphatic hydroxyl groups is 1. The molecule has 0 saturated carbocycles. The van der Waals surface area contributed by atoms with Crippen molar-refractivity contribution < 1.29 is 5.11 Å². The lowest BCUT2D eigenvalue weighted by molar-refractivity contribution is -0.0616. The number of nitrogens with one attached hydrogen (secondary N) is 1. The van der Waals surface area contributed by atoms with Crippen LogP contribution in [-0.2, 0) is 0 Å². The van der Waals surface area contributed by atoms with Crippen LogP contribution in [0.25, 0.3) is 0 Å². The Morgan fingerprint density at radius 1 is 1.00 bits per heavy atom. The maximum atomic E-state index is 11.1. The molecule has 4 atom stereocenters. The highest BCUT2D eigenvalue weighted by Crippen LogP contribution is 2.44. The fourth-order valence-corrected chi connectivity index (χ4v) is 3.88. The summed E-state index contributed by atoms with van der Waals surface area (Å²) >= 11 is 0. The summed E-state index contributed by atoms with van der Waals surface area (Å²) in [6.45, 7) is 4.16. The van der Waals surface area contributed by atoms with Gasteiger partial charge in [0.05, 0.1) is 5.60 Å². The number of hydrogen-bond donors (Lipinski definition) is 2. The molecule has 2 aromatic carbocycles. The molecule has 0 aliphatic carbocycles. The Labute approximate surface area is 133 Å². The molecule has 1 aliphatic rings. The van der Waals surface area contributed by atoms with Crippen molar-refractivity contribution in [2.24, 2.45) is 5.92 Å². The van der Waals surface area contributed by atoms with Gasteiger partial charge in [-0.2, -0.15) is 0 Å². The Bertz CT molecular complexity index is 594. The zero-order valence-corrected chi connectivity index (χ0v) is 13.4. The second-order valence-corrected chi connectivity index (χ2v) is 6.59. The van der Waals surface area contributed by atoms with E-state index >= 15 is 0 Å². The smallest absolute Gasteiger partial charge is 0.0684 e. The van der Waals surface area contributed by atoms with E-state index in [0.717, 1.165) is 12.8 Å². The first-order valence-electron chi connectivity index (χ1n) is 8.20. The van der Waals surface area contributed by atoms with Gasteiger partial charge in [0, 0.05) is 18.0 Å². The van der Waals surface area contributed by atoms with Gasteiger partial charge in [-0.1, -0.05) is 67.6 Å². The molecule has 0 spiro atoms. The minimum Gasteiger partial charge on any atom is -0.390 e. The van der Waals surface area contributed by atoms with Gasteiger partial charge in [-0.05, 0) is 30.9 Å². The van der Waals surface area contributed by atoms with E-state index < -0.39 is 5.60 Å². The number of hydrogen-bond acceptors (Lipinski definition) is 2. The van der Waals surface area contributed by atoms with Crippen molar-refractivity contribution in [2.45, 2.75) is 44.4 Å². The predicted molar refractivity (Wildman–Crippen MR) is 90.5 cm³/mol. The Kier molecular flexibility index (Phi) is 4.32. The van der Waals surface area contributed by atoms with Crippen molar-refractivity contribution in [3.63, 3.8) is 0 Å². The van der Waals surface area contributed by atoms with E-state index in [0.29, 0.717) is 0 Å². The summed E-state index contributed by atoms with van der Waals surface area (Å²) in [6.07, 6.45) is 1.71. The standard InChI is InChI=1S/C20H25NO/c1-3-17-19(16-12-8-5-9-13-16)21-18(14-20(17,2)22)15-10-6-4-7-11-15/h4-13,17-19,21-22H,3,14H2,1-2H3. The van der Waals surface area contributed by atoms with E-state index in [2.05, 4.69) is 60.8 Å². The first-order valence-corrected chi connectivity index (χ1v) is 8.20. The van der Waals surface area contributed by atoms with E-state index in [9.17, 15) is 5.11 Å². The molecule has 4 unspecified atom stereocenters. The third-order valence-corrected chi connectivity index (χ3v) is 5.00. The van der Waals surface area contributed by atoms with E-state index in [-0.39, 0.29) is 18.0 Å². The molecule has 1 saturated heterocycles. The second-order valence-electron chi connectivity index (χ2n) is 6.59. The van der Waals surface area contributed by atoms with Crippen LogP contribution in [0.3, 0.4) is 0 Å². The van der Waals surface area contributed by atoms with Gasteiger partial charge < -0.3 is 10.4 Å². The Morgan fingerprint density at radius 2 is 1.55 bits per heavy atom. The Hall–Kier alpha value is -1.64. The zero-order chi connectivity index (χ0) is 15.6. The van der Waals surface area contributed by atoms with E-state index in [4.69, 9.17) is 0 Å². The molecule has 2 N–H and O–H groups in total. The highest BCUT2D eigenvalue weighted by Gasteiger charge is 2.44. The Morgan fingerprint density at radius 3 is 2.09 bits per heavy atom. The van der Waals surface area contributed by atoms with Crippen molar-refractivity contribution >= 4 is 0 Å². The van der Waals surface area contributed by atoms with Gasteiger partial charge in [0.1, 0.15) is 0 Å². The number of rotatable bonds is 3. The molecular weight excluding hydrogens is 270 g/mol. The maximum Gasteiger partial charge on any atom is 0.0684 e.